The van der Waals surface area contributed by atoms with Crippen LogP contribution in [-0.4, -0.2) is 4.98 Å². The Morgan fingerprint density at radius 1 is 1.05 bits per heavy atom. The van der Waals surface area contributed by atoms with Gasteiger partial charge in [0.05, 0.1) is 10.2 Å². The summed E-state index contributed by atoms with van der Waals surface area (Å²) in [6.07, 6.45) is 0. The number of benzene rings is 2. The van der Waals surface area contributed by atoms with Crippen molar-refractivity contribution in [2.75, 3.05) is 5.32 Å². The van der Waals surface area contributed by atoms with E-state index in [1.54, 1.807) is 0 Å². The van der Waals surface area contributed by atoms with E-state index in [9.17, 15) is 13.2 Å². The van der Waals surface area contributed by atoms with Crippen LogP contribution >= 0.6 is 27.3 Å². The number of nitrogens with one attached hydrogen (secondary N) is 1. The quantitative estimate of drug-likeness (QED) is 0.635. The Balaban J connectivity index is 1.96. The Morgan fingerprint density at radius 2 is 1.75 bits per heavy atom. The maximum atomic E-state index is 13.1. The fourth-order valence-electron chi connectivity index (χ4n) is 1.70. The zero-order valence-electron chi connectivity index (χ0n) is 9.75. The molecule has 2 nitrogen and oxygen atoms in total. The molecule has 0 bridgehead atoms. The molecule has 0 radical (unpaired) electrons. The van der Waals surface area contributed by atoms with Crippen LogP contribution in [0.25, 0.3) is 10.2 Å². The molecular weight excluding hydrogens is 353 g/mol. The molecule has 0 amide bonds. The molecule has 102 valence electrons. The van der Waals surface area contributed by atoms with Crippen molar-refractivity contribution in [2.45, 2.75) is 0 Å². The summed E-state index contributed by atoms with van der Waals surface area (Å²) in [6, 6.07) is 7.35. The van der Waals surface area contributed by atoms with Crippen LogP contribution in [0.5, 0.6) is 0 Å². The van der Waals surface area contributed by atoms with Gasteiger partial charge in [-0.15, -0.1) is 0 Å². The minimum absolute atomic E-state index is 0.111. The van der Waals surface area contributed by atoms with Crippen LogP contribution in [0.2, 0.25) is 0 Å². The number of hydrogen-bond acceptors (Lipinski definition) is 3. The summed E-state index contributed by atoms with van der Waals surface area (Å²) < 4.78 is 40.9. The SMILES string of the molecule is Fc1cc(Nc2nc3ccc(Br)cc3s2)cc(F)c1F. The fourth-order valence-corrected chi connectivity index (χ4v) is 3.14. The van der Waals surface area contributed by atoms with Gasteiger partial charge in [0.2, 0.25) is 0 Å². The maximum Gasteiger partial charge on any atom is 0.194 e. The van der Waals surface area contributed by atoms with Crippen LogP contribution < -0.4 is 5.32 Å². The number of rotatable bonds is 2. The van der Waals surface area contributed by atoms with E-state index in [4.69, 9.17) is 0 Å². The van der Waals surface area contributed by atoms with E-state index in [0.717, 1.165) is 26.8 Å². The lowest BCUT2D eigenvalue weighted by molar-refractivity contribution is 0.448. The van der Waals surface area contributed by atoms with Gasteiger partial charge in [-0.1, -0.05) is 27.3 Å². The van der Waals surface area contributed by atoms with E-state index >= 15 is 0 Å². The molecule has 20 heavy (non-hydrogen) atoms. The zero-order valence-corrected chi connectivity index (χ0v) is 12.2. The smallest absolute Gasteiger partial charge is 0.194 e. The molecule has 0 atom stereocenters. The Kier molecular flexibility index (Phi) is 3.39. The number of fused-ring (bicyclic) bond motifs is 1. The Morgan fingerprint density at radius 3 is 2.45 bits per heavy atom. The molecule has 0 spiro atoms. The average Bonchev–Trinajstić information content (AvgIpc) is 2.77. The van der Waals surface area contributed by atoms with Crippen molar-refractivity contribution in [3.8, 4) is 0 Å². The molecule has 0 aliphatic rings. The minimum atomic E-state index is -1.48. The van der Waals surface area contributed by atoms with Gasteiger partial charge in [0.25, 0.3) is 0 Å². The van der Waals surface area contributed by atoms with Crippen LogP contribution in [0.15, 0.2) is 34.8 Å². The minimum Gasteiger partial charge on any atom is -0.331 e. The first-order valence-corrected chi connectivity index (χ1v) is 7.11. The lowest BCUT2D eigenvalue weighted by Crippen LogP contribution is -1.95. The molecule has 0 saturated heterocycles. The lowest BCUT2D eigenvalue weighted by Gasteiger charge is -2.03. The fraction of sp³-hybridized carbons (Fsp3) is 0. The summed E-state index contributed by atoms with van der Waals surface area (Å²) in [5.41, 5.74) is 0.878. The second-order valence-electron chi connectivity index (χ2n) is 4.01. The number of hydrogen-bond donors (Lipinski definition) is 1. The lowest BCUT2D eigenvalue weighted by atomic mass is 10.3. The maximum absolute atomic E-state index is 13.1. The Bertz CT molecular complexity index is 780. The second kappa shape index (κ2) is 5.06. The third kappa shape index (κ3) is 2.51. The highest BCUT2D eigenvalue weighted by molar-refractivity contribution is 9.10. The molecule has 0 aliphatic heterocycles. The number of anilines is 2. The van der Waals surface area contributed by atoms with Crippen molar-refractivity contribution in [2.24, 2.45) is 0 Å². The number of thiazole rings is 1. The van der Waals surface area contributed by atoms with E-state index < -0.39 is 17.5 Å². The highest BCUT2D eigenvalue weighted by Gasteiger charge is 2.12. The number of halogens is 4. The highest BCUT2D eigenvalue weighted by Crippen LogP contribution is 2.30. The van der Waals surface area contributed by atoms with Gasteiger partial charge in [-0.3, -0.25) is 0 Å². The van der Waals surface area contributed by atoms with E-state index in [2.05, 4.69) is 26.2 Å². The van der Waals surface area contributed by atoms with Gasteiger partial charge < -0.3 is 5.32 Å². The summed E-state index contributed by atoms with van der Waals surface area (Å²) in [4.78, 5) is 4.28. The first kappa shape index (κ1) is 13.4. The van der Waals surface area contributed by atoms with Crippen molar-refractivity contribution < 1.29 is 13.2 Å². The Hall–Kier alpha value is -1.60. The predicted octanol–water partition coefficient (Wildman–Crippen LogP) is 5.22. The van der Waals surface area contributed by atoms with E-state index in [1.807, 2.05) is 18.2 Å². The molecule has 0 aliphatic carbocycles. The van der Waals surface area contributed by atoms with Gasteiger partial charge in [0.1, 0.15) is 0 Å². The first-order chi connectivity index (χ1) is 9.52. The number of nitrogens with zero attached hydrogens (tertiary/aromatic N) is 1. The van der Waals surface area contributed by atoms with E-state index in [1.165, 1.54) is 11.3 Å². The molecular formula is C13H6BrF3N2S. The van der Waals surface area contributed by atoms with Crippen molar-refractivity contribution in [1.82, 2.24) is 4.98 Å². The van der Waals surface area contributed by atoms with Gasteiger partial charge in [-0.2, -0.15) is 0 Å². The van der Waals surface area contributed by atoms with Crippen molar-refractivity contribution in [3.05, 3.63) is 52.3 Å². The monoisotopic (exact) mass is 358 g/mol. The molecule has 3 aromatic rings. The van der Waals surface area contributed by atoms with E-state index in [-0.39, 0.29) is 5.69 Å². The molecule has 3 rings (SSSR count). The average molecular weight is 359 g/mol. The second-order valence-corrected chi connectivity index (χ2v) is 5.96. The highest BCUT2D eigenvalue weighted by atomic mass is 79.9. The molecule has 1 aromatic heterocycles. The zero-order chi connectivity index (χ0) is 14.3. The topological polar surface area (TPSA) is 24.9 Å². The van der Waals surface area contributed by atoms with Crippen LogP contribution in [-0.2, 0) is 0 Å². The molecule has 0 fully saturated rings. The molecule has 7 heteroatoms. The summed E-state index contributed by atoms with van der Waals surface area (Å²) in [7, 11) is 0. The standard InChI is InChI=1S/C13H6BrF3N2S/c14-6-1-2-10-11(3-6)20-13(19-10)18-7-4-8(15)12(17)9(16)5-7/h1-5H,(H,18,19). The summed E-state index contributed by atoms with van der Waals surface area (Å²) in [5.74, 6) is -3.96. The van der Waals surface area contributed by atoms with Crippen molar-refractivity contribution >= 4 is 48.3 Å². The molecule has 1 heterocycles. The van der Waals surface area contributed by atoms with Crippen LogP contribution in [0.1, 0.15) is 0 Å². The molecule has 2 aromatic carbocycles. The van der Waals surface area contributed by atoms with Crippen molar-refractivity contribution in [1.29, 1.82) is 0 Å². The van der Waals surface area contributed by atoms with Gasteiger partial charge in [0.15, 0.2) is 22.6 Å². The van der Waals surface area contributed by atoms with Crippen LogP contribution in [0.4, 0.5) is 24.0 Å². The summed E-state index contributed by atoms with van der Waals surface area (Å²) in [5, 5.41) is 3.24. The normalized spacial score (nSPS) is 11.0. The van der Waals surface area contributed by atoms with Gasteiger partial charge in [-0.25, -0.2) is 18.2 Å². The van der Waals surface area contributed by atoms with E-state index in [0.29, 0.717) is 5.13 Å². The van der Waals surface area contributed by atoms with Gasteiger partial charge in [0, 0.05) is 22.3 Å². The summed E-state index contributed by atoms with van der Waals surface area (Å²) in [6.45, 7) is 0. The van der Waals surface area contributed by atoms with Crippen LogP contribution in [0.3, 0.4) is 0 Å². The largest absolute Gasteiger partial charge is 0.331 e. The van der Waals surface area contributed by atoms with Gasteiger partial charge in [-0.05, 0) is 18.2 Å². The molecule has 0 unspecified atom stereocenters. The van der Waals surface area contributed by atoms with Crippen molar-refractivity contribution in [3.63, 3.8) is 0 Å². The van der Waals surface area contributed by atoms with Crippen LogP contribution in [0, 0.1) is 17.5 Å². The Labute approximate surface area is 124 Å². The molecule has 0 saturated carbocycles. The van der Waals surface area contributed by atoms with Gasteiger partial charge >= 0.3 is 0 Å². The third-order valence-electron chi connectivity index (χ3n) is 2.59. The summed E-state index contributed by atoms with van der Waals surface area (Å²) >= 11 is 4.68. The number of aromatic nitrogens is 1. The molecule has 1 N–H and O–H groups in total. The third-order valence-corrected chi connectivity index (χ3v) is 4.01. The first-order valence-electron chi connectivity index (χ1n) is 5.50. The predicted molar refractivity (Wildman–Crippen MR) is 76.9 cm³/mol.